The first kappa shape index (κ1) is 34.0. The molecular weight excluding hydrogens is 579 g/mol. The number of pyridine rings is 1. The van der Waals surface area contributed by atoms with Gasteiger partial charge >= 0.3 is 0 Å². The van der Waals surface area contributed by atoms with Crippen molar-refractivity contribution < 1.29 is 23.9 Å². The zero-order chi connectivity index (χ0) is 32.7. The second-order valence-electron chi connectivity index (χ2n) is 11.8. The molecule has 0 bridgehead atoms. The van der Waals surface area contributed by atoms with Gasteiger partial charge in [-0.3, -0.25) is 30.0 Å². The Labute approximate surface area is 264 Å². The number of aromatic nitrogens is 1. The summed E-state index contributed by atoms with van der Waals surface area (Å²) in [6.45, 7) is 12.7. The summed E-state index contributed by atoms with van der Waals surface area (Å²) < 4.78 is 14.8. The number of hydrazine groups is 1. The average Bonchev–Trinajstić information content (AvgIpc) is 2.98. The smallest absolute Gasteiger partial charge is 0.246 e. The number of rotatable bonds is 14. The Bertz CT molecular complexity index is 1360. The van der Waals surface area contributed by atoms with Gasteiger partial charge in [-0.2, -0.15) is 0 Å². The van der Waals surface area contributed by atoms with E-state index in [0.717, 1.165) is 54.5 Å². The fourth-order valence-corrected chi connectivity index (χ4v) is 5.77. The molecular formula is C32H45FN8O4. The van der Waals surface area contributed by atoms with Crippen LogP contribution in [0, 0.1) is 5.82 Å². The lowest BCUT2D eigenvalue weighted by molar-refractivity contribution is -0.151. The number of hydrogen-bond acceptors (Lipinski definition) is 10. The van der Waals surface area contributed by atoms with Gasteiger partial charge in [0, 0.05) is 70.4 Å². The molecule has 3 amide bonds. The molecule has 1 aromatic carbocycles. The van der Waals surface area contributed by atoms with Crippen molar-refractivity contribution in [2.24, 2.45) is 5.84 Å². The van der Waals surface area contributed by atoms with E-state index in [-0.39, 0.29) is 50.3 Å². The van der Waals surface area contributed by atoms with E-state index in [1.165, 1.54) is 23.1 Å². The summed E-state index contributed by atoms with van der Waals surface area (Å²) in [5, 5.41) is 10.8. The van der Waals surface area contributed by atoms with E-state index >= 15 is 0 Å². The van der Waals surface area contributed by atoms with Crippen LogP contribution in [-0.4, -0.2) is 130 Å². The van der Waals surface area contributed by atoms with Gasteiger partial charge in [0.05, 0.1) is 18.8 Å². The summed E-state index contributed by atoms with van der Waals surface area (Å²) in [5.74, 6) is 4.38. The number of carbonyl (C=O) groups is 3. The maximum Gasteiger partial charge on any atom is 0.246 e. The van der Waals surface area contributed by atoms with Crippen LogP contribution in [0.5, 0.6) is 5.75 Å². The molecule has 3 heterocycles. The van der Waals surface area contributed by atoms with Crippen molar-refractivity contribution in [2.45, 2.75) is 44.9 Å². The van der Waals surface area contributed by atoms with Crippen molar-refractivity contribution in [3.05, 3.63) is 66.1 Å². The summed E-state index contributed by atoms with van der Waals surface area (Å²) in [6, 6.07) is 8.88. The normalized spacial score (nSPS) is 18.4. The number of hydrogen-bond donors (Lipinski definition) is 2. The van der Waals surface area contributed by atoms with Crippen molar-refractivity contribution in [3.8, 4) is 5.75 Å². The molecule has 2 aromatic rings. The number of phenolic OH excluding ortho intramolecular Hbond substituents is 1. The van der Waals surface area contributed by atoms with Crippen LogP contribution in [0.2, 0.25) is 0 Å². The van der Waals surface area contributed by atoms with Crippen LogP contribution in [0.15, 0.2) is 49.1 Å². The highest BCUT2D eigenvalue weighted by Crippen LogP contribution is 2.25. The van der Waals surface area contributed by atoms with Crippen molar-refractivity contribution in [2.75, 3.05) is 64.3 Å². The van der Waals surface area contributed by atoms with Crippen LogP contribution in [0.1, 0.15) is 25.1 Å². The first-order chi connectivity index (χ1) is 21.5. The third-order valence-corrected chi connectivity index (χ3v) is 8.71. The van der Waals surface area contributed by atoms with Gasteiger partial charge in [-0.1, -0.05) is 18.2 Å². The fraction of sp³-hybridized carbons (Fsp3) is 0.500. The molecule has 2 aliphatic rings. The highest BCUT2D eigenvalue weighted by atomic mass is 19.1. The molecule has 2 aliphatic heterocycles. The standard InChI is InChI=1S/C32H45FN8O4/c1-5-12-40(34)21-31(44)41(22-42)29(15-24-10-11-27(43)16-28(24)33)32(45)37(6-2)18-25-8-7-9-30(35-25)39-19-26(20-39)38-14-13-36(4)23(3)17-38/h5,7-11,16,22-23,26,29,43H,1,6,12-15,17-21,34H2,2-4H3/t23-,29+/m1/s1. The number of imide groups is 1. The second-order valence-corrected chi connectivity index (χ2v) is 11.8. The lowest BCUT2D eigenvalue weighted by Crippen LogP contribution is -2.64. The van der Waals surface area contributed by atoms with Crippen LogP contribution >= 0.6 is 0 Å². The summed E-state index contributed by atoms with van der Waals surface area (Å²) in [5.41, 5.74) is 0.719. The van der Waals surface area contributed by atoms with Crippen molar-refractivity contribution in [3.63, 3.8) is 0 Å². The Morgan fingerprint density at radius 2 is 1.98 bits per heavy atom. The Kier molecular flexibility index (Phi) is 11.6. The number of phenols is 1. The van der Waals surface area contributed by atoms with E-state index in [1.54, 1.807) is 6.92 Å². The molecule has 12 nitrogen and oxygen atoms in total. The van der Waals surface area contributed by atoms with Crippen LogP contribution in [-0.2, 0) is 27.3 Å². The van der Waals surface area contributed by atoms with Gasteiger partial charge in [-0.05, 0) is 44.7 Å². The topological polar surface area (TPSA) is 130 Å². The number of halogens is 1. The van der Waals surface area contributed by atoms with E-state index in [9.17, 15) is 23.9 Å². The number of nitrogens with zero attached hydrogens (tertiary/aromatic N) is 7. The van der Waals surface area contributed by atoms with Crippen molar-refractivity contribution in [1.29, 1.82) is 0 Å². The molecule has 13 heteroatoms. The first-order valence-electron chi connectivity index (χ1n) is 15.3. The van der Waals surface area contributed by atoms with Gasteiger partial charge in [0.15, 0.2) is 0 Å². The summed E-state index contributed by atoms with van der Waals surface area (Å²) in [4.78, 5) is 53.7. The highest BCUT2D eigenvalue weighted by molar-refractivity contribution is 5.95. The molecule has 3 N–H and O–H groups in total. The number of anilines is 1. The van der Waals surface area contributed by atoms with Gasteiger partial charge in [0.25, 0.3) is 0 Å². The van der Waals surface area contributed by atoms with Gasteiger partial charge in [0.2, 0.25) is 18.2 Å². The molecule has 2 fully saturated rings. The molecule has 244 valence electrons. The Morgan fingerprint density at radius 3 is 2.62 bits per heavy atom. The molecule has 2 atom stereocenters. The maximum atomic E-state index is 14.8. The maximum absolute atomic E-state index is 14.8. The molecule has 2 saturated heterocycles. The Hall–Kier alpha value is -3.91. The van der Waals surface area contributed by atoms with Crippen LogP contribution in [0.25, 0.3) is 0 Å². The molecule has 0 radical (unpaired) electrons. The van der Waals surface area contributed by atoms with E-state index in [2.05, 4.69) is 35.3 Å². The fourth-order valence-electron chi connectivity index (χ4n) is 5.77. The number of piperazine rings is 1. The van der Waals surface area contributed by atoms with Crippen LogP contribution in [0.4, 0.5) is 10.2 Å². The van der Waals surface area contributed by atoms with Crippen molar-refractivity contribution in [1.82, 2.24) is 29.6 Å². The van der Waals surface area contributed by atoms with Gasteiger partial charge in [-0.25, -0.2) is 14.4 Å². The average molecular weight is 625 g/mol. The summed E-state index contributed by atoms with van der Waals surface area (Å²) in [7, 11) is 2.16. The molecule has 0 spiro atoms. The molecule has 0 saturated carbocycles. The summed E-state index contributed by atoms with van der Waals surface area (Å²) in [6.07, 6.45) is 1.49. The zero-order valence-electron chi connectivity index (χ0n) is 26.4. The third-order valence-electron chi connectivity index (χ3n) is 8.71. The predicted octanol–water partition coefficient (Wildman–Crippen LogP) is 1.06. The number of aromatic hydroxyl groups is 1. The quantitative estimate of drug-likeness (QED) is 0.136. The molecule has 4 rings (SSSR count). The Morgan fingerprint density at radius 1 is 1.22 bits per heavy atom. The van der Waals surface area contributed by atoms with Crippen LogP contribution < -0.4 is 10.7 Å². The number of amides is 3. The lowest BCUT2D eigenvalue weighted by Gasteiger charge is -2.49. The number of likely N-dealkylation sites (N-methyl/N-ethyl adjacent to an activating group) is 2. The number of benzene rings is 1. The Balaban J connectivity index is 1.49. The largest absolute Gasteiger partial charge is 0.508 e. The van der Waals surface area contributed by atoms with Crippen LogP contribution in [0.3, 0.4) is 0 Å². The van der Waals surface area contributed by atoms with Crippen molar-refractivity contribution >= 4 is 24.0 Å². The molecule has 45 heavy (non-hydrogen) atoms. The minimum absolute atomic E-state index is 0.0692. The van der Waals surface area contributed by atoms with E-state index in [0.29, 0.717) is 17.8 Å². The van der Waals surface area contributed by atoms with E-state index in [1.807, 2.05) is 18.2 Å². The third kappa shape index (κ3) is 8.42. The zero-order valence-corrected chi connectivity index (χ0v) is 26.4. The first-order valence-corrected chi connectivity index (χ1v) is 15.3. The minimum Gasteiger partial charge on any atom is -0.508 e. The van der Waals surface area contributed by atoms with Gasteiger partial charge in [-0.15, -0.1) is 6.58 Å². The monoisotopic (exact) mass is 624 g/mol. The molecule has 0 aliphatic carbocycles. The number of nitrogens with two attached hydrogens (primary N) is 1. The predicted molar refractivity (Wildman–Crippen MR) is 169 cm³/mol. The minimum atomic E-state index is -1.35. The molecule has 0 unspecified atom stereocenters. The SMILES string of the molecule is C=CCN(N)CC(=O)N(C=O)[C@@H](Cc1ccc(O)cc1F)C(=O)N(CC)Cc1cccc(N2CC(N3CCN(C)[C@H](C)C3)C2)n1. The summed E-state index contributed by atoms with van der Waals surface area (Å²) >= 11 is 0. The number of carbonyl (C=O) groups excluding carboxylic acids is 3. The van der Waals surface area contributed by atoms with E-state index < -0.39 is 23.7 Å². The molecule has 1 aromatic heterocycles. The van der Waals surface area contributed by atoms with Gasteiger partial charge in [0.1, 0.15) is 23.4 Å². The lowest BCUT2D eigenvalue weighted by atomic mass is 10.0. The van der Waals surface area contributed by atoms with Gasteiger partial charge < -0.3 is 19.8 Å². The second kappa shape index (κ2) is 15.4. The van der Waals surface area contributed by atoms with E-state index in [4.69, 9.17) is 10.8 Å². The highest BCUT2D eigenvalue weighted by Gasteiger charge is 2.36.